The van der Waals surface area contributed by atoms with Gasteiger partial charge in [0.2, 0.25) is 0 Å². The lowest BCUT2D eigenvalue weighted by Crippen LogP contribution is -2.08. The fraction of sp³-hybridized carbons (Fsp3) is 0.308. The molecule has 82 valence electrons. The number of nitrogens with zero attached hydrogens (tertiary/aromatic N) is 1. The van der Waals surface area contributed by atoms with Crippen LogP contribution in [0.15, 0.2) is 34.9 Å². The summed E-state index contributed by atoms with van der Waals surface area (Å²) >= 11 is 0. The number of hydrogen-bond acceptors (Lipinski definition) is 3. The van der Waals surface area contributed by atoms with E-state index in [0.29, 0.717) is 5.82 Å². The van der Waals surface area contributed by atoms with Gasteiger partial charge in [0.05, 0.1) is 0 Å². The maximum absolute atomic E-state index is 5.52. The van der Waals surface area contributed by atoms with Crippen LogP contribution in [0.1, 0.15) is 30.7 Å². The maximum Gasteiger partial charge on any atom is 0.169 e. The van der Waals surface area contributed by atoms with Gasteiger partial charge in [-0.2, -0.15) is 0 Å². The van der Waals surface area contributed by atoms with Gasteiger partial charge in [0.25, 0.3) is 0 Å². The Morgan fingerprint density at radius 3 is 2.44 bits per heavy atom. The van der Waals surface area contributed by atoms with Crippen molar-refractivity contribution in [2.45, 2.75) is 25.2 Å². The molecule has 1 aliphatic carbocycles. The SMILES string of the molecule is Nc1cc(-c2ccc(C3CCC3)cc2)on1. The van der Waals surface area contributed by atoms with Crippen molar-refractivity contribution in [2.24, 2.45) is 0 Å². The summed E-state index contributed by atoms with van der Waals surface area (Å²) in [5.74, 6) is 1.93. The number of hydrogen-bond donors (Lipinski definition) is 1. The average Bonchev–Trinajstić information content (AvgIpc) is 2.63. The van der Waals surface area contributed by atoms with Gasteiger partial charge in [-0.05, 0) is 24.3 Å². The van der Waals surface area contributed by atoms with E-state index in [4.69, 9.17) is 10.3 Å². The first-order valence-corrected chi connectivity index (χ1v) is 5.65. The van der Waals surface area contributed by atoms with Crippen LogP contribution in [-0.4, -0.2) is 5.16 Å². The highest BCUT2D eigenvalue weighted by Crippen LogP contribution is 2.36. The van der Waals surface area contributed by atoms with Crippen molar-refractivity contribution >= 4 is 5.82 Å². The highest BCUT2D eigenvalue weighted by Gasteiger charge is 2.19. The van der Waals surface area contributed by atoms with Crippen LogP contribution >= 0.6 is 0 Å². The molecule has 3 rings (SSSR count). The number of anilines is 1. The third-order valence-electron chi connectivity index (χ3n) is 3.30. The summed E-state index contributed by atoms with van der Waals surface area (Å²) < 4.78 is 5.12. The topological polar surface area (TPSA) is 52.0 Å². The van der Waals surface area contributed by atoms with E-state index in [2.05, 4.69) is 29.4 Å². The Hall–Kier alpha value is -1.77. The van der Waals surface area contributed by atoms with Crippen molar-refractivity contribution in [3.05, 3.63) is 35.9 Å². The highest BCUT2D eigenvalue weighted by atomic mass is 16.5. The van der Waals surface area contributed by atoms with E-state index in [1.165, 1.54) is 24.8 Å². The predicted molar refractivity (Wildman–Crippen MR) is 62.9 cm³/mol. The van der Waals surface area contributed by atoms with Crippen molar-refractivity contribution in [3.63, 3.8) is 0 Å². The number of aromatic nitrogens is 1. The lowest BCUT2D eigenvalue weighted by molar-refractivity contribution is 0.419. The summed E-state index contributed by atoms with van der Waals surface area (Å²) in [6, 6.07) is 10.3. The molecule has 16 heavy (non-hydrogen) atoms. The second-order valence-corrected chi connectivity index (χ2v) is 4.37. The molecule has 3 nitrogen and oxygen atoms in total. The van der Waals surface area contributed by atoms with Crippen LogP contribution in [0.2, 0.25) is 0 Å². The predicted octanol–water partition coefficient (Wildman–Crippen LogP) is 3.19. The van der Waals surface area contributed by atoms with E-state index in [9.17, 15) is 0 Å². The van der Waals surface area contributed by atoms with Gasteiger partial charge in [0.15, 0.2) is 11.6 Å². The third-order valence-corrected chi connectivity index (χ3v) is 3.30. The molecular weight excluding hydrogens is 200 g/mol. The molecule has 0 saturated heterocycles. The molecule has 1 fully saturated rings. The average molecular weight is 214 g/mol. The van der Waals surface area contributed by atoms with Crippen molar-refractivity contribution in [1.29, 1.82) is 0 Å². The Balaban J connectivity index is 1.86. The van der Waals surface area contributed by atoms with E-state index in [1.807, 2.05) is 0 Å². The maximum atomic E-state index is 5.52. The van der Waals surface area contributed by atoms with E-state index in [-0.39, 0.29) is 0 Å². The molecule has 0 aliphatic heterocycles. The lowest BCUT2D eigenvalue weighted by Gasteiger charge is -2.25. The number of nitrogen functional groups attached to an aromatic ring is 1. The van der Waals surface area contributed by atoms with Crippen molar-refractivity contribution in [3.8, 4) is 11.3 Å². The molecule has 1 aromatic heterocycles. The minimum Gasteiger partial charge on any atom is -0.381 e. The van der Waals surface area contributed by atoms with Crippen molar-refractivity contribution in [1.82, 2.24) is 5.16 Å². The Bertz CT molecular complexity index is 483. The zero-order chi connectivity index (χ0) is 11.0. The van der Waals surface area contributed by atoms with Gasteiger partial charge in [-0.25, -0.2) is 0 Å². The molecular formula is C13H14N2O. The Morgan fingerprint density at radius 2 is 1.94 bits per heavy atom. The molecule has 0 atom stereocenters. The summed E-state index contributed by atoms with van der Waals surface area (Å²) in [4.78, 5) is 0. The molecule has 1 saturated carbocycles. The fourth-order valence-electron chi connectivity index (χ4n) is 2.09. The van der Waals surface area contributed by atoms with Crippen molar-refractivity contribution in [2.75, 3.05) is 5.73 Å². The second-order valence-electron chi connectivity index (χ2n) is 4.37. The van der Waals surface area contributed by atoms with Crippen LogP contribution in [0.3, 0.4) is 0 Å². The first-order chi connectivity index (χ1) is 7.83. The summed E-state index contributed by atoms with van der Waals surface area (Å²) in [6.45, 7) is 0. The van der Waals surface area contributed by atoms with Gasteiger partial charge < -0.3 is 10.3 Å². The normalized spacial score (nSPS) is 16.0. The Labute approximate surface area is 94.2 Å². The molecule has 0 radical (unpaired) electrons. The first-order valence-electron chi connectivity index (χ1n) is 5.65. The van der Waals surface area contributed by atoms with E-state index in [1.54, 1.807) is 6.07 Å². The van der Waals surface area contributed by atoms with Crippen LogP contribution in [-0.2, 0) is 0 Å². The lowest BCUT2D eigenvalue weighted by atomic mass is 9.80. The summed E-state index contributed by atoms with van der Waals surface area (Å²) in [5.41, 5.74) is 7.99. The molecule has 2 N–H and O–H groups in total. The van der Waals surface area contributed by atoms with Gasteiger partial charge in [-0.1, -0.05) is 35.8 Å². The summed E-state index contributed by atoms with van der Waals surface area (Å²) in [7, 11) is 0. The van der Waals surface area contributed by atoms with Gasteiger partial charge in [-0.15, -0.1) is 0 Å². The molecule has 1 aromatic carbocycles. The number of benzene rings is 1. The van der Waals surface area contributed by atoms with Crippen LogP contribution in [0.25, 0.3) is 11.3 Å². The van der Waals surface area contributed by atoms with Crippen LogP contribution in [0.4, 0.5) is 5.82 Å². The van der Waals surface area contributed by atoms with Gasteiger partial charge in [0.1, 0.15) is 0 Å². The first kappa shape index (κ1) is 9.46. The molecule has 2 aromatic rings. The zero-order valence-electron chi connectivity index (χ0n) is 9.02. The van der Waals surface area contributed by atoms with Gasteiger partial charge >= 0.3 is 0 Å². The Morgan fingerprint density at radius 1 is 1.19 bits per heavy atom. The molecule has 0 amide bonds. The third kappa shape index (κ3) is 1.58. The Kier molecular flexibility index (Phi) is 2.17. The summed E-state index contributed by atoms with van der Waals surface area (Å²) in [6.07, 6.45) is 4.02. The molecule has 0 spiro atoms. The van der Waals surface area contributed by atoms with Crippen LogP contribution in [0.5, 0.6) is 0 Å². The highest BCUT2D eigenvalue weighted by molar-refractivity contribution is 5.60. The second kappa shape index (κ2) is 3.67. The standard InChI is InChI=1S/C13H14N2O/c14-13-8-12(16-15-13)11-6-4-10(5-7-11)9-2-1-3-9/h4-9H,1-3H2,(H2,14,15). The van der Waals surface area contributed by atoms with Gasteiger partial charge in [-0.3, -0.25) is 0 Å². The largest absolute Gasteiger partial charge is 0.381 e. The smallest absolute Gasteiger partial charge is 0.169 e. The summed E-state index contributed by atoms with van der Waals surface area (Å²) in [5, 5.41) is 3.68. The fourth-order valence-corrected chi connectivity index (χ4v) is 2.09. The van der Waals surface area contributed by atoms with Gasteiger partial charge in [0, 0.05) is 11.6 Å². The van der Waals surface area contributed by atoms with Crippen molar-refractivity contribution < 1.29 is 4.52 Å². The number of nitrogens with two attached hydrogens (primary N) is 1. The van der Waals surface area contributed by atoms with Crippen LogP contribution < -0.4 is 5.73 Å². The number of rotatable bonds is 2. The molecule has 1 aliphatic rings. The van der Waals surface area contributed by atoms with E-state index in [0.717, 1.165) is 17.2 Å². The molecule has 3 heteroatoms. The molecule has 0 bridgehead atoms. The van der Waals surface area contributed by atoms with E-state index >= 15 is 0 Å². The quantitative estimate of drug-likeness (QED) is 0.835. The monoisotopic (exact) mass is 214 g/mol. The van der Waals surface area contributed by atoms with E-state index < -0.39 is 0 Å². The zero-order valence-corrected chi connectivity index (χ0v) is 9.02. The molecule has 1 heterocycles. The minimum absolute atomic E-state index is 0.429. The minimum atomic E-state index is 0.429. The molecule has 0 unspecified atom stereocenters. The van der Waals surface area contributed by atoms with Crippen LogP contribution in [0, 0.1) is 0 Å².